The highest BCUT2D eigenvalue weighted by molar-refractivity contribution is 6.01. The number of aromatic hydroxyl groups is 1. The van der Waals surface area contributed by atoms with Gasteiger partial charge in [-0.15, -0.1) is 0 Å². The molecule has 0 aliphatic carbocycles. The Labute approximate surface area is 86.5 Å². The molecule has 0 saturated carbocycles. The molecule has 15 heavy (non-hydrogen) atoms. The standard InChI is InChI=1S/C10H12FNO3/c1-4-9(14)7(11)6(5(2)13)8(12)10(4)15-3/h14H,12H2,1-3H3. The lowest BCUT2D eigenvalue weighted by atomic mass is 10.0. The summed E-state index contributed by atoms with van der Waals surface area (Å²) in [4.78, 5) is 11.1. The summed E-state index contributed by atoms with van der Waals surface area (Å²) in [5.41, 5.74) is 5.32. The van der Waals surface area contributed by atoms with E-state index in [0.717, 1.165) is 0 Å². The van der Waals surface area contributed by atoms with Crippen LogP contribution in [0.2, 0.25) is 0 Å². The van der Waals surface area contributed by atoms with Gasteiger partial charge in [-0.1, -0.05) is 0 Å². The molecule has 0 atom stereocenters. The molecule has 0 unspecified atom stereocenters. The van der Waals surface area contributed by atoms with E-state index < -0.39 is 17.3 Å². The number of carbonyl (C=O) groups excluding carboxylic acids is 1. The number of nitrogen functional groups attached to an aromatic ring is 1. The van der Waals surface area contributed by atoms with Crippen molar-refractivity contribution in [3.05, 3.63) is 16.9 Å². The number of methoxy groups -OCH3 is 1. The fourth-order valence-corrected chi connectivity index (χ4v) is 1.43. The number of phenols is 1. The van der Waals surface area contributed by atoms with Crippen LogP contribution in [-0.2, 0) is 0 Å². The van der Waals surface area contributed by atoms with Gasteiger partial charge in [-0.25, -0.2) is 4.39 Å². The SMILES string of the molecule is COc1c(C)c(O)c(F)c(C(C)=O)c1N. The molecule has 0 heterocycles. The van der Waals surface area contributed by atoms with Gasteiger partial charge in [0, 0.05) is 5.56 Å². The minimum atomic E-state index is -1.00. The van der Waals surface area contributed by atoms with Gasteiger partial charge in [-0.3, -0.25) is 4.79 Å². The van der Waals surface area contributed by atoms with Crippen LogP contribution in [-0.4, -0.2) is 18.0 Å². The lowest BCUT2D eigenvalue weighted by molar-refractivity contribution is 0.101. The Hall–Kier alpha value is -1.78. The van der Waals surface area contributed by atoms with E-state index in [1.54, 1.807) is 0 Å². The first-order valence-electron chi connectivity index (χ1n) is 4.27. The number of carbonyl (C=O) groups is 1. The summed E-state index contributed by atoms with van der Waals surface area (Å²) in [5, 5.41) is 9.41. The highest BCUT2D eigenvalue weighted by Crippen LogP contribution is 2.38. The Morgan fingerprint density at radius 1 is 1.53 bits per heavy atom. The molecule has 0 aliphatic rings. The molecule has 1 aromatic carbocycles. The molecule has 0 aliphatic heterocycles. The van der Waals surface area contributed by atoms with Crippen molar-refractivity contribution in [1.29, 1.82) is 0 Å². The summed E-state index contributed by atoms with van der Waals surface area (Å²) in [6.45, 7) is 2.63. The molecule has 0 saturated heterocycles. The number of phenolic OH excluding ortho intramolecular Hbond substituents is 1. The lowest BCUT2D eigenvalue weighted by Crippen LogP contribution is -2.07. The number of hydrogen-bond acceptors (Lipinski definition) is 4. The van der Waals surface area contributed by atoms with E-state index in [1.165, 1.54) is 21.0 Å². The van der Waals surface area contributed by atoms with Crippen molar-refractivity contribution in [2.75, 3.05) is 12.8 Å². The predicted octanol–water partition coefficient (Wildman–Crippen LogP) is 1.63. The molecule has 1 aromatic rings. The highest BCUT2D eigenvalue weighted by Gasteiger charge is 2.23. The molecule has 0 aromatic heterocycles. The smallest absolute Gasteiger partial charge is 0.178 e. The molecule has 0 spiro atoms. The Kier molecular flexibility index (Phi) is 2.83. The average Bonchev–Trinajstić information content (AvgIpc) is 2.15. The van der Waals surface area contributed by atoms with Gasteiger partial charge in [-0.2, -0.15) is 0 Å². The van der Waals surface area contributed by atoms with Crippen LogP contribution >= 0.6 is 0 Å². The lowest BCUT2D eigenvalue weighted by Gasteiger charge is -2.14. The van der Waals surface area contributed by atoms with Gasteiger partial charge in [0.15, 0.2) is 17.3 Å². The summed E-state index contributed by atoms with van der Waals surface area (Å²) >= 11 is 0. The second-order valence-corrected chi connectivity index (χ2v) is 3.17. The van der Waals surface area contributed by atoms with Gasteiger partial charge < -0.3 is 15.6 Å². The molecule has 3 N–H and O–H groups in total. The monoisotopic (exact) mass is 213 g/mol. The second kappa shape index (κ2) is 3.76. The van der Waals surface area contributed by atoms with Gasteiger partial charge >= 0.3 is 0 Å². The second-order valence-electron chi connectivity index (χ2n) is 3.17. The maximum Gasteiger partial charge on any atom is 0.178 e. The largest absolute Gasteiger partial charge is 0.505 e. The van der Waals surface area contributed by atoms with Crippen molar-refractivity contribution in [1.82, 2.24) is 0 Å². The van der Waals surface area contributed by atoms with Crippen molar-refractivity contribution in [2.45, 2.75) is 13.8 Å². The Morgan fingerprint density at radius 3 is 2.47 bits per heavy atom. The van der Waals surface area contributed by atoms with Gasteiger partial charge in [0.2, 0.25) is 0 Å². The summed E-state index contributed by atoms with van der Waals surface area (Å²) in [6.07, 6.45) is 0. The maximum atomic E-state index is 13.5. The minimum absolute atomic E-state index is 0.0854. The Bertz CT molecular complexity index is 429. The summed E-state index contributed by atoms with van der Waals surface area (Å²) < 4.78 is 18.4. The Balaban J connectivity index is 3.68. The van der Waals surface area contributed by atoms with E-state index in [4.69, 9.17) is 10.5 Å². The van der Waals surface area contributed by atoms with Crippen LogP contribution in [0.4, 0.5) is 10.1 Å². The summed E-state index contributed by atoms with van der Waals surface area (Å²) in [5.74, 6) is -2.04. The van der Waals surface area contributed by atoms with Crippen molar-refractivity contribution in [2.24, 2.45) is 0 Å². The van der Waals surface area contributed by atoms with E-state index in [9.17, 15) is 14.3 Å². The fraction of sp³-hybridized carbons (Fsp3) is 0.300. The topological polar surface area (TPSA) is 72.5 Å². The molecule has 4 nitrogen and oxygen atoms in total. The number of anilines is 1. The molecule has 0 bridgehead atoms. The van der Waals surface area contributed by atoms with E-state index in [0.29, 0.717) is 0 Å². The quantitative estimate of drug-likeness (QED) is 0.445. The number of Topliss-reactive ketones (excluding diaryl/α,β-unsaturated/α-hetero) is 1. The van der Waals surface area contributed by atoms with Crippen LogP contribution in [0, 0.1) is 12.7 Å². The first-order valence-corrected chi connectivity index (χ1v) is 4.27. The van der Waals surface area contributed by atoms with Gasteiger partial charge in [0.25, 0.3) is 0 Å². The number of benzene rings is 1. The zero-order chi connectivity index (χ0) is 11.7. The van der Waals surface area contributed by atoms with E-state index >= 15 is 0 Å². The van der Waals surface area contributed by atoms with Crippen LogP contribution in [0.5, 0.6) is 11.5 Å². The van der Waals surface area contributed by atoms with Crippen molar-refractivity contribution in [3.8, 4) is 11.5 Å². The highest BCUT2D eigenvalue weighted by atomic mass is 19.1. The van der Waals surface area contributed by atoms with E-state index in [2.05, 4.69) is 0 Å². The molecule has 5 heteroatoms. The van der Waals surface area contributed by atoms with Crippen LogP contribution in [0.25, 0.3) is 0 Å². The van der Waals surface area contributed by atoms with Crippen molar-refractivity contribution in [3.63, 3.8) is 0 Å². The van der Waals surface area contributed by atoms with E-state index in [1.807, 2.05) is 0 Å². The maximum absolute atomic E-state index is 13.5. The number of ether oxygens (including phenoxy) is 1. The van der Waals surface area contributed by atoms with Gasteiger partial charge in [0.1, 0.15) is 5.75 Å². The number of ketones is 1. The average molecular weight is 213 g/mol. The van der Waals surface area contributed by atoms with Crippen LogP contribution in [0.3, 0.4) is 0 Å². The third-order valence-electron chi connectivity index (χ3n) is 2.19. The molecule has 0 radical (unpaired) electrons. The first kappa shape index (κ1) is 11.3. The third-order valence-corrected chi connectivity index (χ3v) is 2.19. The van der Waals surface area contributed by atoms with Gasteiger partial charge in [0.05, 0.1) is 18.4 Å². The van der Waals surface area contributed by atoms with Crippen molar-refractivity contribution < 1.29 is 19.0 Å². The molecule has 1 rings (SSSR count). The zero-order valence-corrected chi connectivity index (χ0v) is 8.72. The molecule has 82 valence electrons. The number of rotatable bonds is 2. The van der Waals surface area contributed by atoms with Crippen LogP contribution in [0.1, 0.15) is 22.8 Å². The van der Waals surface area contributed by atoms with E-state index in [-0.39, 0.29) is 22.6 Å². The molecule has 0 amide bonds. The Morgan fingerprint density at radius 2 is 2.07 bits per heavy atom. The third kappa shape index (κ3) is 1.60. The number of hydrogen-bond donors (Lipinski definition) is 2. The molecular weight excluding hydrogens is 201 g/mol. The van der Waals surface area contributed by atoms with Gasteiger partial charge in [-0.05, 0) is 13.8 Å². The number of nitrogens with two attached hydrogens (primary N) is 1. The zero-order valence-electron chi connectivity index (χ0n) is 8.72. The predicted molar refractivity (Wildman–Crippen MR) is 53.8 cm³/mol. The fourth-order valence-electron chi connectivity index (χ4n) is 1.43. The minimum Gasteiger partial charge on any atom is -0.505 e. The normalized spacial score (nSPS) is 10.1. The molecule has 0 fully saturated rings. The summed E-state index contributed by atoms with van der Waals surface area (Å²) in [7, 11) is 1.33. The van der Waals surface area contributed by atoms with Crippen LogP contribution < -0.4 is 10.5 Å². The van der Waals surface area contributed by atoms with Crippen molar-refractivity contribution >= 4 is 11.5 Å². The first-order chi connectivity index (χ1) is 6.91. The van der Waals surface area contributed by atoms with Crippen LogP contribution in [0.15, 0.2) is 0 Å². The number of halogens is 1. The molecular formula is C10H12FNO3. The summed E-state index contributed by atoms with van der Waals surface area (Å²) in [6, 6.07) is 0.